The normalized spacial score (nSPS) is 12.8. The van der Waals surface area contributed by atoms with Gasteiger partial charge in [-0.1, -0.05) is 53.7 Å². The molecule has 2 aromatic carbocycles. The molecule has 2 heterocycles. The second kappa shape index (κ2) is 7.95. The summed E-state index contributed by atoms with van der Waals surface area (Å²) in [5.41, 5.74) is 3.93. The lowest BCUT2D eigenvalue weighted by Gasteiger charge is -2.24. The minimum absolute atomic E-state index is 0.563. The summed E-state index contributed by atoms with van der Waals surface area (Å²) in [4.78, 5) is 6.78. The predicted molar refractivity (Wildman–Crippen MR) is 110 cm³/mol. The number of aromatic nitrogens is 1. The molecule has 2 nitrogen and oxygen atoms in total. The van der Waals surface area contributed by atoms with Crippen LogP contribution in [0, 0.1) is 23.5 Å². The third-order valence-electron chi connectivity index (χ3n) is 4.51. The molecule has 0 atom stereocenters. The monoisotopic (exact) mass is 392 g/mol. The zero-order valence-electron chi connectivity index (χ0n) is 15.4. The SMILES string of the molecule is CN1CC(Cc2ccc(F)c(F)c2)=Cc2nc(C#CCc3ccccc3)sc21. The molecule has 1 aromatic heterocycles. The van der Waals surface area contributed by atoms with E-state index < -0.39 is 11.6 Å². The summed E-state index contributed by atoms with van der Waals surface area (Å²) in [7, 11) is 2.01. The first-order valence-electron chi connectivity index (χ1n) is 8.96. The highest BCUT2D eigenvalue weighted by molar-refractivity contribution is 7.16. The molecule has 0 spiro atoms. The Hall–Kier alpha value is -2.97. The van der Waals surface area contributed by atoms with Gasteiger partial charge in [0.2, 0.25) is 0 Å². The van der Waals surface area contributed by atoms with Gasteiger partial charge in [-0.2, -0.15) is 0 Å². The third kappa shape index (κ3) is 4.13. The highest BCUT2D eigenvalue weighted by atomic mass is 32.1. The molecule has 5 heteroatoms. The summed E-state index contributed by atoms with van der Waals surface area (Å²) in [5, 5.41) is 1.87. The maximum Gasteiger partial charge on any atom is 0.169 e. The number of halogens is 2. The summed E-state index contributed by atoms with van der Waals surface area (Å²) < 4.78 is 26.6. The van der Waals surface area contributed by atoms with Crippen LogP contribution in [-0.4, -0.2) is 18.6 Å². The molecule has 0 saturated heterocycles. The van der Waals surface area contributed by atoms with Gasteiger partial charge in [0.05, 0.1) is 5.69 Å². The topological polar surface area (TPSA) is 16.1 Å². The van der Waals surface area contributed by atoms with Gasteiger partial charge in [0, 0.05) is 20.0 Å². The molecule has 0 aliphatic carbocycles. The van der Waals surface area contributed by atoms with Gasteiger partial charge in [-0.3, -0.25) is 0 Å². The number of hydrogen-bond donors (Lipinski definition) is 0. The third-order valence-corrected chi connectivity index (χ3v) is 5.61. The van der Waals surface area contributed by atoms with Crippen LogP contribution < -0.4 is 4.90 Å². The Balaban J connectivity index is 1.52. The lowest BCUT2D eigenvalue weighted by Crippen LogP contribution is -2.23. The molecular formula is C23H18F2N2S. The van der Waals surface area contributed by atoms with Gasteiger partial charge in [0.1, 0.15) is 5.00 Å². The van der Waals surface area contributed by atoms with Crippen molar-refractivity contribution in [1.29, 1.82) is 0 Å². The summed E-state index contributed by atoms with van der Waals surface area (Å²) in [5.74, 6) is 4.71. The van der Waals surface area contributed by atoms with E-state index in [0.29, 0.717) is 12.8 Å². The Morgan fingerprint density at radius 3 is 2.68 bits per heavy atom. The minimum Gasteiger partial charge on any atom is -0.361 e. The molecule has 1 aliphatic heterocycles. The van der Waals surface area contributed by atoms with E-state index in [9.17, 15) is 8.78 Å². The molecule has 4 rings (SSSR count). The molecular weight excluding hydrogens is 374 g/mol. The molecule has 1 aliphatic rings. The van der Waals surface area contributed by atoms with E-state index in [2.05, 4.69) is 33.9 Å². The number of thiazole rings is 1. The molecule has 0 radical (unpaired) electrons. The van der Waals surface area contributed by atoms with Crippen LogP contribution in [0.1, 0.15) is 21.8 Å². The van der Waals surface area contributed by atoms with Crippen molar-refractivity contribution in [2.75, 3.05) is 18.5 Å². The zero-order chi connectivity index (χ0) is 19.5. The summed E-state index contributed by atoms with van der Waals surface area (Å²) >= 11 is 1.58. The first-order chi connectivity index (χ1) is 13.6. The Morgan fingerprint density at radius 1 is 1.07 bits per heavy atom. The smallest absolute Gasteiger partial charge is 0.169 e. The van der Waals surface area contributed by atoms with Crippen molar-refractivity contribution < 1.29 is 8.78 Å². The van der Waals surface area contributed by atoms with Crippen molar-refractivity contribution in [2.45, 2.75) is 12.8 Å². The largest absolute Gasteiger partial charge is 0.361 e. The van der Waals surface area contributed by atoms with Crippen molar-refractivity contribution in [1.82, 2.24) is 4.98 Å². The molecule has 0 unspecified atom stereocenters. The maximum atomic E-state index is 13.5. The van der Waals surface area contributed by atoms with E-state index >= 15 is 0 Å². The summed E-state index contributed by atoms with van der Waals surface area (Å²) in [6, 6.07) is 14.2. The van der Waals surface area contributed by atoms with Crippen LogP contribution in [0.5, 0.6) is 0 Å². The maximum absolute atomic E-state index is 13.5. The second-order valence-electron chi connectivity index (χ2n) is 6.76. The van der Waals surface area contributed by atoms with E-state index in [4.69, 9.17) is 0 Å². The van der Waals surface area contributed by atoms with E-state index in [1.165, 1.54) is 17.7 Å². The average molecular weight is 392 g/mol. The van der Waals surface area contributed by atoms with E-state index in [-0.39, 0.29) is 0 Å². The molecule has 28 heavy (non-hydrogen) atoms. The second-order valence-corrected chi connectivity index (χ2v) is 7.73. The van der Waals surface area contributed by atoms with Crippen LogP contribution in [0.3, 0.4) is 0 Å². The van der Waals surface area contributed by atoms with Crippen LogP contribution in [0.4, 0.5) is 13.8 Å². The first-order valence-corrected chi connectivity index (χ1v) is 9.78. The highest BCUT2D eigenvalue weighted by Crippen LogP contribution is 2.34. The average Bonchev–Trinajstić information content (AvgIpc) is 3.09. The van der Waals surface area contributed by atoms with Gasteiger partial charge in [-0.15, -0.1) is 0 Å². The molecule has 0 amide bonds. The number of hydrogen-bond acceptors (Lipinski definition) is 3. The standard InChI is InChI=1S/C23H18F2N2S/c1-27-15-18(12-17-10-11-19(24)20(25)13-17)14-21-23(27)28-22(26-21)9-5-8-16-6-3-2-4-7-16/h2-4,6-7,10-11,13-14H,8,12,15H2,1H3. The van der Waals surface area contributed by atoms with Gasteiger partial charge >= 0.3 is 0 Å². The Labute approximate surface area is 167 Å². The fourth-order valence-electron chi connectivity index (χ4n) is 3.20. The Bertz CT molecular complexity index is 1090. The van der Waals surface area contributed by atoms with Gasteiger partial charge in [-0.25, -0.2) is 13.8 Å². The van der Waals surface area contributed by atoms with E-state index in [1.54, 1.807) is 17.4 Å². The number of benzene rings is 2. The van der Waals surface area contributed by atoms with Crippen molar-refractivity contribution in [3.05, 3.63) is 87.6 Å². The zero-order valence-corrected chi connectivity index (χ0v) is 16.2. The lowest BCUT2D eigenvalue weighted by molar-refractivity contribution is 0.507. The molecule has 3 aromatic rings. The number of anilines is 1. The molecule has 0 bridgehead atoms. The highest BCUT2D eigenvalue weighted by Gasteiger charge is 2.19. The van der Waals surface area contributed by atoms with Crippen LogP contribution in [0.2, 0.25) is 0 Å². The Morgan fingerprint density at radius 2 is 1.89 bits per heavy atom. The lowest BCUT2D eigenvalue weighted by atomic mass is 10.0. The summed E-state index contributed by atoms with van der Waals surface area (Å²) in [6.07, 6.45) is 3.29. The number of rotatable bonds is 3. The fraction of sp³-hybridized carbons (Fsp3) is 0.174. The van der Waals surface area contributed by atoms with Crippen LogP contribution >= 0.6 is 11.3 Å². The van der Waals surface area contributed by atoms with Gasteiger partial charge in [-0.05, 0) is 47.3 Å². The van der Waals surface area contributed by atoms with Crippen molar-refractivity contribution in [3.8, 4) is 11.8 Å². The van der Waals surface area contributed by atoms with Gasteiger partial charge in [0.25, 0.3) is 0 Å². The van der Waals surface area contributed by atoms with Crippen molar-refractivity contribution in [3.63, 3.8) is 0 Å². The summed E-state index contributed by atoms with van der Waals surface area (Å²) in [6.45, 7) is 0.727. The van der Waals surface area contributed by atoms with Crippen LogP contribution in [0.15, 0.2) is 54.1 Å². The molecule has 140 valence electrons. The van der Waals surface area contributed by atoms with Crippen LogP contribution in [-0.2, 0) is 12.8 Å². The number of nitrogens with zero attached hydrogens (tertiary/aromatic N) is 2. The molecule has 0 fully saturated rings. The van der Waals surface area contributed by atoms with Crippen LogP contribution in [0.25, 0.3) is 6.08 Å². The first kappa shape index (κ1) is 18.4. The van der Waals surface area contributed by atoms with Gasteiger partial charge in [0.15, 0.2) is 16.6 Å². The quantitative estimate of drug-likeness (QED) is 0.577. The van der Waals surface area contributed by atoms with Crippen molar-refractivity contribution in [2.24, 2.45) is 0 Å². The number of fused-ring (bicyclic) bond motifs is 1. The van der Waals surface area contributed by atoms with Gasteiger partial charge < -0.3 is 4.90 Å². The molecule has 0 saturated carbocycles. The predicted octanol–water partition coefficient (Wildman–Crippen LogP) is 5.09. The van der Waals surface area contributed by atoms with E-state index in [0.717, 1.165) is 33.4 Å². The minimum atomic E-state index is -0.820. The molecule has 0 N–H and O–H groups in total. The number of likely N-dealkylation sites (N-methyl/N-ethyl adjacent to an activating group) is 1. The fourth-order valence-corrected chi connectivity index (χ4v) is 4.08. The Kier molecular flexibility index (Phi) is 5.23. The van der Waals surface area contributed by atoms with Crippen molar-refractivity contribution >= 4 is 22.4 Å². The van der Waals surface area contributed by atoms with E-state index in [1.807, 2.05) is 31.3 Å².